The van der Waals surface area contributed by atoms with Crippen LogP contribution in [0.15, 0.2) is 56.2 Å². The van der Waals surface area contributed by atoms with E-state index in [0.29, 0.717) is 12.3 Å². The smallest absolute Gasteiger partial charge is 0.210 e. The number of rotatable bonds is 6. The van der Waals surface area contributed by atoms with Gasteiger partial charge in [-0.05, 0) is 34.7 Å². The Labute approximate surface area is 139 Å². The SMILES string of the molecule is c1coc(Cn2nnnc2SCc2csc(-c3ccco3)n2)c1. The van der Waals surface area contributed by atoms with Crippen LogP contribution in [-0.2, 0) is 12.3 Å². The fraction of sp³-hybridized carbons (Fsp3) is 0.143. The van der Waals surface area contributed by atoms with Crippen molar-refractivity contribution >= 4 is 23.1 Å². The largest absolute Gasteiger partial charge is 0.467 e. The highest BCUT2D eigenvalue weighted by Gasteiger charge is 2.11. The van der Waals surface area contributed by atoms with Crippen LogP contribution in [0.1, 0.15) is 11.5 Å². The van der Waals surface area contributed by atoms with Gasteiger partial charge in [0, 0.05) is 11.1 Å². The van der Waals surface area contributed by atoms with E-state index in [1.807, 2.05) is 29.6 Å². The third-order valence-corrected chi connectivity index (χ3v) is 4.91. The highest BCUT2D eigenvalue weighted by molar-refractivity contribution is 7.98. The fourth-order valence-electron chi connectivity index (χ4n) is 1.97. The Balaban J connectivity index is 1.43. The Hall–Kier alpha value is -2.39. The molecule has 0 amide bonds. The molecule has 4 aromatic heterocycles. The molecule has 4 rings (SSSR count). The number of aromatic nitrogens is 5. The molecule has 4 heterocycles. The molecule has 0 bridgehead atoms. The van der Waals surface area contributed by atoms with E-state index < -0.39 is 0 Å². The van der Waals surface area contributed by atoms with Crippen LogP contribution in [0.25, 0.3) is 10.8 Å². The van der Waals surface area contributed by atoms with Crippen LogP contribution in [0.5, 0.6) is 0 Å². The van der Waals surface area contributed by atoms with Crippen molar-refractivity contribution in [2.75, 3.05) is 0 Å². The molecule has 116 valence electrons. The van der Waals surface area contributed by atoms with Crippen LogP contribution in [0.4, 0.5) is 0 Å². The van der Waals surface area contributed by atoms with Crippen LogP contribution in [0, 0.1) is 0 Å². The molecular weight excluding hydrogens is 334 g/mol. The first-order valence-corrected chi connectivity index (χ1v) is 8.64. The van der Waals surface area contributed by atoms with E-state index in [0.717, 1.165) is 27.4 Å². The first-order valence-electron chi connectivity index (χ1n) is 6.78. The first-order chi connectivity index (χ1) is 11.4. The van der Waals surface area contributed by atoms with Crippen molar-refractivity contribution in [3.05, 3.63) is 53.6 Å². The standard InChI is InChI=1S/C14H11N5O2S2/c1-3-11(20-5-1)7-19-14(16-17-18-19)23-9-10-8-22-13(15-10)12-4-2-6-21-12/h1-6,8H,7,9H2. The average molecular weight is 345 g/mol. The molecule has 23 heavy (non-hydrogen) atoms. The van der Waals surface area contributed by atoms with E-state index in [1.54, 1.807) is 28.5 Å². The molecule has 0 atom stereocenters. The molecule has 0 aromatic carbocycles. The number of furan rings is 2. The number of hydrogen-bond acceptors (Lipinski definition) is 8. The molecule has 0 saturated heterocycles. The maximum atomic E-state index is 5.36. The van der Waals surface area contributed by atoms with Gasteiger partial charge < -0.3 is 8.83 Å². The van der Waals surface area contributed by atoms with Gasteiger partial charge in [-0.25, -0.2) is 9.67 Å². The van der Waals surface area contributed by atoms with E-state index in [1.165, 1.54) is 11.8 Å². The van der Waals surface area contributed by atoms with E-state index in [4.69, 9.17) is 8.83 Å². The van der Waals surface area contributed by atoms with Gasteiger partial charge in [0.25, 0.3) is 0 Å². The molecule has 0 N–H and O–H groups in total. The maximum absolute atomic E-state index is 5.36. The minimum Gasteiger partial charge on any atom is -0.467 e. The molecule has 4 aromatic rings. The first kappa shape index (κ1) is 14.2. The van der Waals surface area contributed by atoms with Crippen molar-refractivity contribution in [1.82, 2.24) is 25.2 Å². The van der Waals surface area contributed by atoms with Gasteiger partial charge >= 0.3 is 0 Å². The van der Waals surface area contributed by atoms with Crippen LogP contribution < -0.4 is 0 Å². The van der Waals surface area contributed by atoms with Crippen molar-refractivity contribution < 1.29 is 8.83 Å². The molecule has 0 unspecified atom stereocenters. The highest BCUT2D eigenvalue weighted by Crippen LogP contribution is 2.27. The molecule has 0 fully saturated rings. The van der Waals surface area contributed by atoms with E-state index in [-0.39, 0.29) is 0 Å². The molecule has 9 heteroatoms. The summed E-state index contributed by atoms with van der Waals surface area (Å²) in [7, 11) is 0. The molecule has 0 aliphatic rings. The van der Waals surface area contributed by atoms with Crippen molar-refractivity contribution in [2.45, 2.75) is 17.5 Å². The van der Waals surface area contributed by atoms with Gasteiger partial charge in [0.1, 0.15) is 12.3 Å². The Bertz CT molecular complexity index is 867. The van der Waals surface area contributed by atoms with Crippen molar-refractivity contribution in [2.24, 2.45) is 0 Å². The van der Waals surface area contributed by atoms with Crippen molar-refractivity contribution in [3.8, 4) is 10.8 Å². The van der Waals surface area contributed by atoms with Crippen molar-refractivity contribution in [3.63, 3.8) is 0 Å². The number of hydrogen-bond donors (Lipinski definition) is 0. The monoisotopic (exact) mass is 345 g/mol. The van der Waals surface area contributed by atoms with Crippen LogP contribution in [0.2, 0.25) is 0 Å². The van der Waals surface area contributed by atoms with Gasteiger partial charge in [0.15, 0.2) is 10.8 Å². The molecule has 7 nitrogen and oxygen atoms in total. The second-order valence-electron chi connectivity index (χ2n) is 4.61. The maximum Gasteiger partial charge on any atom is 0.210 e. The van der Waals surface area contributed by atoms with Crippen LogP contribution in [-0.4, -0.2) is 25.2 Å². The van der Waals surface area contributed by atoms with Gasteiger partial charge in [-0.3, -0.25) is 0 Å². The van der Waals surface area contributed by atoms with Gasteiger partial charge in [-0.1, -0.05) is 11.8 Å². The zero-order chi connectivity index (χ0) is 15.5. The lowest BCUT2D eigenvalue weighted by molar-refractivity contribution is 0.462. The summed E-state index contributed by atoms with van der Waals surface area (Å²) in [5, 5.41) is 15.4. The predicted molar refractivity (Wildman–Crippen MR) is 85.0 cm³/mol. The van der Waals surface area contributed by atoms with E-state index >= 15 is 0 Å². The van der Waals surface area contributed by atoms with Crippen LogP contribution in [0.3, 0.4) is 0 Å². The van der Waals surface area contributed by atoms with Gasteiger partial charge in [-0.2, -0.15) is 0 Å². The molecule has 0 aliphatic heterocycles. The second kappa shape index (κ2) is 6.39. The summed E-state index contributed by atoms with van der Waals surface area (Å²) in [5.74, 6) is 2.29. The molecule has 0 spiro atoms. The number of tetrazole rings is 1. The third kappa shape index (κ3) is 3.20. The quantitative estimate of drug-likeness (QED) is 0.496. The van der Waals surface area contributed by atoms with Gasteiger partial charge in [-0.15, -0.1) is 16.4 Å². The average Bonchev–Trinajstić information content (AvgIpc) is 3.34. The Morgan fingerprint density at radius 3 is 2.91 bits per heavy atom. The van der Waals surface area contributed by atoms with E-state index in [9.17, 15) is 0 Å². The lowest BCUT2D eigenvalue weighted by atomic mass is 10.4. The van der Waals surface area contributed by atoms with Crippen molar-refractivity contribution in [1.29, 1.82) is 0 Å². The Morgan fingerprint density at radius 1 is 1.17 bits per heavy atom. The predicted octanol–water partition coefficient (Wildman–Crippen LogP) is 3.32. The zero-order valence-corrected chi connectivity index (χ0v) is 13.5. The van der Waals surface area contributed by atoms with E-state index in [2.05, 4.69) is 20.5 Å². The molecule has 0 aliphatic carbocycles. The summed E-state index contributed by atoms with van der Waals surface area (Å²) < 4.78 is 12.4. The lowest BCUT2D eigenvalue weighted by Gasteiger charge is -2.01. The Morgan fingerprint density at radius 2 is 2.09 bits per heavy atom. The molecule has 0 saturated carbocycles. The normalized spacial score (nSPS) is 11.1. The lowest BCUT2D eigenvalue weighted by Crippen LogP contribution is -2.03. The summed E-state index contributed by atoms with van der Waals surface area (Å²) in [6, 6.07) is 7.50. The minimum absolute atomic E-state index is 0.511. The summed E-state index contributed by atoms with van der Waals surface area (Å²) >= 11 is 3.10. The topological polar surface area (TPSA) is 82.8 Å². The second-order valence-corrected chi connectivity index (χ2v) is 6.41. The highest BCUT2D eigenvalue weighted by atomic mass is 32.2. The van der Waals surface area contributed by atoms with Gasteiger partial charge in [0.2, 0.25) is 5.16 Å². The summed E-state index contributed by atoms with van der Waals surface area (Å²) in [4.78, 5) is 4.57. The summed E-state index contributed by atoms with van der Waals surface area (Å²) in [6.45, 7) is 0.511. The number of nitrogens with zero attached hydrogens (tertiary/aromatic N) is 5. The zero-order valence-electron chi connectivity index (χ0n) is 11.8. The third-order valence-electron chi connectivity index (χ3n) is 3.02. The Kier molecular flexibility index (Phi) is 3.95. The van der Waals surface area contributed by atoms with Crippen LogP contribution >= 0.6 is 23.1 Å². The number of thioether (sulfide) groups is 1. The minimum atomic E-state index is 0.511. The summed E-state index contributed by atoms with van der Waals surface area (Å²) in [5.41, 5.74) is 0.971. The van der Waals surface area contributed by atoms with Gasteiger partial charge in [0.05, 0.1) is 18.2 Å². The molecule has 0 radical (unpaired) electrons. The fourth-order valence-corrected chi connectivity index (χ4v) is 3.64. The molecular formula is C14H11N5O2S2. The number of thiazole rings is 1. The summed E-state index contributed by atoms with van der Waals surface area (Å²) in [6.07, 6.45) is 3.28.